The van der Waals surface area contributed by atoms with Crippen LogP contribution < -0.4 is 5.73 Å². The third kappa shape index (κ3) is 3.45. The minimum absolute atomic E-state index is 0.160. The van der Waals surface area contributed by atoms with Crippen molar-refractivity contribution in [1.82, 2.24) is 9.88 Å². The Kier molecular flexibility index (Phi) is 4.20. The molecule has 0 aliphatic carbocycles. The van der Waals surface area contributed by atoms with Gasteiger partial charge in [-0.2, -0.15) is 0 Å². The molecule has 2 aromatic rings. The zero-order chi connectivity index (χ0) is 14.7. The lowest BCUT2D eigenvalue weighted by atomic mass is 10.2. The van der Waals surface area contributed by atoms with Crippen LogP contribution in [0, 0.1) is 5.82 Å². The van der Waals surface area contributed by atoms with Gasteiger partial charge in [0, 0.05) is 19.2 Å². The van der Waals surface area contributed by atoms with Crippen molar-refractivity contribution in [2.75, 3.05) is 12.8 Å². The molecule has 1 aromatic heterocycles. The average Bonchev–Trinajstić information content (AvgIpc) is 2.36. The fourth-order valence-corrected chi connectivity index (χ4v) is 2.06. The Hall–Kier alpha value is -2.14. The first-order valence-corrected chi connectivity index (χ1v) is 6.26. The quantitative estimate of drug-likeness (QED) is 0.885. The number of hydrogen-bond acceptors (Lipinski definition) is 3. The zero-order valence-corrected chi connectivity index (χ0v) is 11.6. The van der Waals surface area contributed by atoms with Crippen LogP contribution in [0.4, 0.5) is 10.2 Å². The average molecular weight is 294 g/mol. The number of carbonyl (C=O) groups excluding carboxylic acids is 1. The monoisotopic (exact) mass is 293 g/mol. The van der Waals surface area contributed by atoms with Crippen molar-refractivity contribution >= 4 is 23.3 Å². The molecule has 0 atom stereocenters. The summed E-state index contributed by atoms with van der Waals surface area (Å²) in [5, 5.41) is 0.160. The number of carbonyl (C=O) groups is 1. The third-order valence-corrected chi connectivity index (χ3v) is 2.91. The minimum atomic E-state index is -0.334. The molecule has 0 saturated heterocycles. The van der Waals surface area contributed by atoms with Gasteiger partial charge in [0.2, 0.25) is 0 Å². The highest BCUT2D eigenvalue weighted by atomic mass is 35.5. The molecule has 2 N–H and O–H groups in total. The molecule has 0 aliphatic rings. The van der Waals surface area contributed by atoms with Gasteiger partial charge in [-0.15, -0.1) is 0 Å². The van der Waals surface area contributed by atoms with Crippen molar-refractivity contribution in [3.8, 4) is 0 Å². The maximum absolute atomic E-state index is 13.1. The summed E-state index contributed by atoms with van der Waals surface area (Å²) >= 11 is 5.77. The summed E-state index contributed by atoms with van der Waals surface area (Å²) < 4.78 is 13.1. The lowest BCUT2D eigenvalue weighted by Gasteiger charge is -2.17. The molecule has 1 aromatic carbocycles. The normalized spacial score (nSPS) is 10.3. The van der Waals surface area contributed by atoms with E-state index in [-0.39, 0.29) is 29.2 Å². The van der Waals surface area contributed by atoms with Gasteiger partial charge in [0.25, 0.3) is 5.91 Å². The van der Waals surface area contributed by atoms with Crippen LogP contribution in [0.5, 0.6) is 0 Å². The van der Waals surface area contributed by atoms with Crippen LogP contribution in [0.2, 0.25) is 5.15 Å². The van der Waals surface area contributed by atoms with Gasteiger partial charge in [-0.05, 0) is 29.8 Å². The van der Waals surface area contributed by atoms with E-state index in [1.807, 2.05) is 0 Å². The lowest BCUT2D eigenvalue weighted by Crippen LogP contribution is -2.26. The van der Waals surface area contributed by atoms with Gasteiger partial charge in [-0.25, -0.2) is 9.37 Å². The molecule has 0 bridgehead atoms. The molecule has 0 fully saturated rings. The van der Waals surface area contributed by atoms with E-state index in [1.165, 1.54) is 29.2 Å². The number of nitrogens with zero attached hydrogens (tertiary/aromatic N) is 2. The molecule has 0 unspecified atom stereocenters. The highest BCUT2D eigenvalue weighted by Gasteiger charge is 2.14. The Labute approximate surface area is 121 Å². The van der Waals surface area contributed by atoms with E-state index in [0.717, 1.165) is 0 Å². The summed E-state index contributed by atoms with van der Waals surface area (Å²) in [7, 11) is 1.62. The van der Waals surface area contributed by atoms with E-state index in [0.29, 0.717) is 11.1 Å². The van der Waals surface area contributed by atoms with Crippen LogP contribution >= 0.6 is 11.6 Å². The molecule has 0 aliphatic heterocycles. The van der Waals surface area contributed by atoms with Crippen LogP contribution in [0.25, 0.3) is 0 Å². The summed E-state index contributed by atoms with van der Waals surface area (Å²) in [6.45, 7) is 0.288. The van der Waals surface area contributed by atoms with E-state index in [4.69, 9.17) is 17.3 Å². The lowest BCUT2D eigenvalue weighted by molar-refractivity contribution is 0.0785. The Morgan fingerprint density at radius 3 is 2.80 bits per heavy atom. The highest BCUT2D eigenvalue weighted by Crippen LogP contribution is 2.15. The van der Waals surface area contributed by atoms with Crippen molar-refractivity contribution in [2.45, 2.75) is 6.54 Å². The van der Waals surface area contributed by atoms with Crippen molar-refractivity contribution in [1.29, 1.82) is 0 Å². The fraction of sp³-hybridized carbons (Fsp3) is 0.143. The second kappa shape index (κ2) is 5.88. The van der Waals surface area contributed by atoms with Crippen molar-refractivity contribution < 1.29 is 9.18 Å². The molecule has 1 amide bonds. The van der Waals surface area contributed by atoms with Crippen molar-refractivity contribution in [2.24, 2.45) is 0 Å². The first-order chi connectivity index (χ1) is 9.45. The van der Waals surface area contributed by atoms with Crippen LogP contribution in [-0.4, -0.2) is 22.8 Å². The molecule has 6 heteroatoms. The minimum Gasteiger partial charge on any atom is -0.384 e. The first kappa shape index (κ1) is 14.3. The van der Waals surface area contributed by atoms with Crippen molar-refractivity contribution in [3.05, 3.63) is 58.5 Å². The SMILES string of the molecule is CN(Cc1cccc(F)c1)C(=O)c1cc(N)nc(Cl)c1. The number of pyridine rings is 1. The van der Waals surface area contributed by atoms with Gasteiger partial charge in [0.05, 0.1) is 0 Å². The maximum Gasteiger partial charge on any atom is 0.254 e. The molecule has 20 heavy (non-hydrogen) atoms. The molecule has 1 heterocycles. The molecule has 104 valence electrons. The van der Waals surface area contributed by atoms with Gasteiger partial charge >= 0.3 is 0 Å². The summed E-state index contributed by atoms with van der Waals surface area (Å²) in [6, 6.07) is 9.00. The summed E-state index contributed by atoms with van der Waals surface area (Å²) in [4.78, 5) is 17.5. The molecule has 0 spiro atoms. The van der Waals surface area contributed by atoms with Crippen LogP contribution in [0.3, 0.4) is 0 Å². The molecular weight excluding hydrogens is 281 g/mol. The maximum atomic E-state index is 13.1. The van der Waals surface area contributed by atoms with Gasteiger partial charge in [0.15, 0.2) is 0 Å². The number of amides is 1. The second-order valence-electron chi connectivity index (χ2n) is 4.39. The summed E-state index contributed by atoms with van der Waals surface area (Å²) in [6.07, 6.45) is 0. The third-order valence-electron chi connectivity index (χ3n) is 2.72. The Bertz CT molecular complexity index is 628. The van der Waals surface area contributed by atoms with Gasteiger partial charge in [-0.1, -0.05) is 23.7 Å². The topological polar surface area (TPSA) is 59.2 Å². The summed E-state index contributed by atoms with van der Waals surface area (Å²) in [5.74, 6) is -0.412. The number of anilines is 1. The second-order valence-corrected chi connectivity index (χ2v) is 4.78. The highest BCUT2D eigenvalue weighted by molar-refractivity contribution is 6.29. The van der Waals surface area contributed by atoms with Crippen LogP contribution in [0.15, 0.2) is 36.4 Å². The molecule has 4 nitrogen and oxygen atoms in total. The Morgan fingerprint density at radius 1 is 1.40 bits per heavy atom. The molecule has 0 saturated carbocycles. The largest absolute Gasteiger partial charge is 0.384 e. The molecular formula is C14H13ClFN3O. The van der Waals surface area contributed by atoms with E-state index in [1.54, 1.807) is 19.2 Å². The van der Waals surface area contributed by atoms with E-state index < -0.39 is 0 Å². The Balaban J connectivity index is 2.16. The van der Waals surface area contributed by atoms with E-state index in [2.05, 4.69) is 4.98 Å². The van der Waals surface area contributed by atoms with Gasteiger partial charge in [0.1, 0.15) is 16.8 Å². The van der Waals surface area contributed by atoms with Crippen molar-refractivity contribution in [3.63, 3.8) is 0 Å². The number of aromatic nitrogens is 1. The van der Waals surface area contributed by atoms with Gasteiger partial charge < -0.3 is 10.6 Å². The smallest absolute Gasteiger partial charge is 0.254 e. The predicted molar refractivity (Wildman–Crippen MR) is 75.9 cm³/mol. The number of halogens is 2. The molecule has 2 rings (SSSR count). The van der Waals surface area contributed by atoms with Crippen LogP contribution in [0.1, 0.15) is 15.9 Å². The standard InChI is InChI=1S/C14H13ClFN3O/c1-19(8-9-3-2-4-11(16)5-9)14(20)10-6-12(15)18-13(17)7-10/h2-7H,8H2,1H3,(H2,17,18). The first-order valence-electron chi connectivity index (χ1n) is 5.88. The number of nitrogen functional groups attached to an aromatic ring is 1. The number of benzene rings is 1. The predicted octanol–water partition coefficient (Wildman–Crippen LogP) is 2.73. The van der Waals surface area contributed by atoms with Gasteiger partial charge in [-0.3, -0.25) is 4.79 Å². The number of rotatable bonds is 3. The van der Waals surface area contributed by atoms with E-state index in [9.17, 15) is 9.18 Å². The zero-order valence-electron chi connectivity index (χ0n) is 10.8. The van der Waals surface area contributed by atoms with E-state index >= 15 is 0 Å². The van der Waals surface area contributed by atoms with Crippen LogP contribution in [-0.2, 0) is 6.54 Å². The number of hydrogen-bond donors (Lipinski definition) is 1. The summed E-state index contributed by atoms with van der Waals surface area (Å²) in [5.41, 5.74) is 6.61. The fourth-order valence-electron chi connectivity index (χ4n) is 1.84. The Morgan fingerprint density at radius 2 is 2.15 bits per heavy atom. The molecule has 0 radical (unpaired) electrons. The number of nitrogens with two attached hydrogens (primary N) is 1.